The van der Waals surface area contributed by atoms with E-state index in [2.05, 4.69) is 10.3 Å². The molecule has 0 spiro atoms. The molecule has 0 aliphatic carbocycles. The fraction of sp³-hybridized carbons (Fsp3) is 0.267. The molecule has 1 aromatic heterocycles. The number of ether oxygens (including phenoxy) is 1. The Kier molecular flexibility index (Phi) is 5.61. The Bertz CT molecular complexity index is 1010. The number of hydrogen-bond donors (Lipinski definition) is 1. The molecule has 1 heterocycles. The van der Waals surface area contributed by atoms with Gasteiger partial charge in [-0.05, 0) is 19.1 Å². The van der Waals surface area contributed by atoms with Crippen LogP contribution >= 0.6 is 11.3 Å². The van der Waals surface area contributed by atoms with Gasteiger partial charge >= 0.3 is 12.1 Å². The van der Waals surface area contributed by atoms with E-state index in [0.29, 0.717) is 6.07 Å². The van der Waals surface area contributed by atoms with E-state index in [-0.39, 0.29) is 15.7 Å². The van der Waals surface area contributed by atoms with Crippen molar-refractivity contribution in [2.75, 3.05) is 11.6 Å². The van der Waals surface area contributed by atoms with Crippen LogP contribution in [0.3, 0.4) is 0 Å². The Morgan fingerprint density at radius 3 is 2.37 bits per heavy atom. The summed E-state index contributed by atoms with van der Waals surface area (Å²) in [5.74, 6) is -2.34. The standard InChI is InChI=1S/C15H13F3N2O5S2/c1-7-10(15(16,17)18)5-4-9(12(7)25-8(2)21)13(22)20-14-19-11(6-26-14)27(3,23)24/h4-6H,1-3H3,(H,19,20,22). The first-order valence-corrected chi connectivity index (χ1v) is 9.94. The number of hydrogen-bond acceptors (Lipinski definition) is 7. The number of nitrogens with zero attached hydrogens (tertiary/aromatic N) is 1. The SMILES string of the molecule is CC(=O)Oc1c(C(=O)Nc2nc(S(C)(=O)=O)cs2)ccc(C(F)(F)F)c1C. The van der Waals surface area contributed by atoms with Crippen LogP contribution in [0.5, 0.6) is 5.75 Å². The van der Waals surface area contributed by atoms with Crippen molar-refractivity contribution in [2.24, 2.45) is 0 Å². The van der Waals surface area contributed by atoms with Gasteiger partial charge in [-0.25, -0.2) is 13.4 Å². The zero-order valence-corrected chi connectivity index (χ0v) is 15.8. The van der Waals surface area contributed by atoms with Crippen LogP contribution in [-0.2, 0) is 20.8 Å². The molecule has 0 saturated heterocycles. The first-order chi connectivity index (χ1) is 12.3. The summed E-state index contributed by atoms with van der Waals surface area (Å²) < 4.78 is 66.8. The number of esters is 1. The van der Waals surface area contributed by atoms with E-state index in [9.17, 15) is 31.2 Å². The second-order valence-electron chi connectivity index (χ2n) is 5.42. The number of carbonyl (C=O) groups excluding carboxylic acids is 2. The zero-order chi connectivity index (χ0) is 20.6. The quantitative estimate of drug-likeness (QED) is 0.600. The molecular formula is C15H13F3N2O5S2. The average molecular weight is 422 g/mol. The molecule has 1 N–H and O–H groups in total. The van der Waals surface area contributed by atoms with Gasteiger partial charge in [-0.1, -0.05) is 0 Å². The van der Waals surface area contributed by atoms with Gasteiger partial charge in [0.1, 0.15) is 5.75 Å². The Labute approximate surface area is 156 Å². The van der Waals surface area contributed by atoms with Crippen molar-refractivity contribution in [1.82, 2.24) is 4.98 Å². The number of nitrogens with one attached hydrogen (secondary N) is 1. The average Bonchev–Trinajstić information content (AvgIpc) is 2.96. The topological polar surface area (TPSA) is 102 Å². The van der Waals surface area contributed by atoms with Gasteiger partial charge in [-0.2, -0.15) is 13.2 Å². The van der Waals surface area contributed by atoms with Crippen LogP contribution in [0.25, 0.3) is 0 Å². The summed E-state index contributed by atoms with van der Waals surface area (Å²) in [6.45, 7) is 2.06. The zero-order valence-electron chi connectivity index (χ0n) is 14.2. The summed E-state index contributed by atoms with van der Waals surface area (Å²) in [6.07, 6.45) is -3.76. The molecule has 7 nitrogen and oxygen atoms in total. The lowest BCUT2D eigenvalue weighted by Gasteiger charge is -2.16. The van der Waals surface area contributed by atoms with Gasteiger partial charge in [0, 0.05) is 24.1 Å². The van der Waals surface area contributed by atoms with E-state index in [0.717, 1.165) is 37.5 Å². The van der Waals surface area contributed by atoms with Crippen molar-refractivity contribution >= 4 is 38.2 Å². The molecule has 12 heteroatoms. The number of aromatic nitrogens is 1. The highest BCUT2D eigenvalue weighted by Gasteiger charge is 2.35. The van der Waals surface area contributed by atoms with Crippen LogP contribution in [0.15, 0.2) is 22.5 Å². The molecule has 0 atom stereocenters. The lowest BCUT2D eigenvalue weighted by atomic mass is 10.0. The molecular weight excluding hydrogens is 409 g/mol. The fourth-order valence-electron chi connectivity index (χ4n) is 2.10. The monoisotopic (exact) mass is 422 g/mol. The largest absolute Gasteiger partial charge is 0.426 e. The van der Waals surface area contributed by atoms with E-state index < -0.39 is 44.8 Å². The van der Waals surface area contributed by atoms with Crippen LogP contribution in [0.4, 0.5) is 18.3 Å². The Morgan fingerprint density at radius 1 is 1.26 bits per heavy atom. The van der Waals surface area contributed by atoms with Gasteiger partial charge < -0.3 is 4.74 Å². The van der Waals surface area contributed by atoms with Crippen molar-refractivity contribution < 1.29 is 35.9 Å². The van der Waals surface area contributed by atoms with Crippen molar-refractivity contribution in [3.8, 4) is 5.75 Å². The van der Waals surface area contributed by atoms with Gasteiger partial charge in [0.15, 0.2) is 20.0 Å². The van der Waals surface area contributed by atoms with E-state index in [1.807, 2.05) is 0 Å². The minimum atomic E-state index is -4.70. The number of halogens is 3. The summed E-state index contributed by atoms with van der Waals surface area (Å²) in [7, 11) is -3.58. The summed E-state index contributed by atoms with van der Waals surface area (Å²) >= 11 is 0.821. The molecule has 0 saturated carbocycles. The normalized spacial score (nSPS) is 11.9. The number of anilines is 1. The first-order valence-electron chi connectivity index (χ1n) is 7.17. The van der Waals surface area contributed by atoms with Gasteiger partial charge in [0.2, 0.25) is 0 Å². The van der Waals surface area contributed by atoms with Gasteiger partial charge in [0.05, 0.1) is 11.1 Å². The van der Waals surface area contributed by atoms with Crippen molar-refractivity contribution in [3.63, 3.8) is 0 Å². The summed E-state index contributed by atoms with van der Waals surface area (Å²) in [5, 5.41) is 3.15. The number of thiazole rings is 1. The highest BCUT2D eigenvalue weighted by atomic mass is 32.2. The number of benzene rings is 1. The van der Waals surface area contributed by atoms with Crippen LogP contribution in [0, 0.1) is 6.92 Å². The fourth-order valence-corrected chi connectivity index (χ4v) is 3.83. The molecule has 146 valence electrons. The number of alkyl halides is 3. The molecule has 2 aromatic rings. The summed E-state index contributed by atoms with van der Waals surface area (Å²) in [6, 6.07) is 1.57. The summed E-state index contributed by atoms with van der Waals surface area (Å²) in [5.41, 5.74) is -1.81. The molecule has 0 bridgehead atoms. The molecule has 0 unspecified atom stereocenters. The molecule has 2 rings (SSSR count). The molecule has 0 aliphatic rings. The molecule has 1 amide bonds. The van der Waals surface area contributed by atoms with Crippen LogP contribution in [0.2, 0.25) is 0 Å². The van der Waals surface area contributed by atoms with E-state index in [4.69, 9.17) is 4.74 Å². The second-order valence-corrected chi connectivity index (χ2v) is 8.24. The van der Waals surface area contributed by atoms with Gasteiger partial charge in [-0.15, -0.1) is 11.3 Å². The van der Waals surface area contributed by atoms with Crippen LogP contribution in [-0.4, -0.2) is 31.5 Å². The number of carbonyl (C=O) groups is 2. The number of sulfone groups is 1. The summed E-state index contributed by atoms with van der Waals surface area (Å²) in [4.78, 5) is 27.4. The van der Waals surface area contributed by atoms with Crippen LogP contribution < -0.4 is 10.1 Å². The highest BCUT2D eigenvalue weighted by Crippen LogP contribution is 2.37. The maximum absolute atomic E-state index is 13.1. The first kappa shape index (κ1) is 20.8. The molecule has 0 fully saturated rings. The lowest BCUT2D eigenvalue weighted by Crippen LogP contribution is -2.18. The highest BCUT2D eigenvalue weighted by molar-refractivity contribution is 7.90. The smallest absolute Gasteiger partial charge is 0.416 e. The van der Waals surface area contributed by atoms with Crippen molar-refractivity contribution in [3.05, 3.63) is 34.2 Å². The molecule has 0 aliphatic heterocycles. The molecule has 27 heavy (non-hydrogen) atoms. The Balaban J connectivity index is 2.44. The third-order valence-corrected chi connectivity index (χ3v) is 5.16. The third-order valence-electron chi connectivity index (χ3n) is 3.29. The third kappa shape index (κ3) is 4.83. The van der Waals surface area contributed by atoms with Gasteiger partial charge in [-0.3, -0.25) is 14.9 Å². The molecule has 0 radical (unpaired) electrons. The van der Waals surface area contributed by atoms with Crippen LogP contribution in [0.1, 0.15) is 28.4 Å². The van der Waals surface area contributed by atoms with E-state index in [1.54, 1.807) is 0 Å². The number of amides is 1. The van der Waals surface area contributed by atoms with Gasteiger partial charge in [0.25, 0.3) is 5.91 Å². The van der Waals surface area contributed by atoms with E-state index in [1.165, 1.54) is 5.38 Å². The van der Waals surface area contributed by atoms with Crippen molar-refractivity contribution in [2.45, 2.75) is 25.0 Å². The maximum Gasteiger partial charge on any atom is 0.416 e. The van der Waals surface area contributed by atoms with Crippen molar-refractivity contribution in [1.29, 1.82) is 0 Å². The van der Waals surface area contributed by atoms with E-state index >= 15 is 0 Å². The number of rotatable bonds is 4. The Hall–Kier alpha value is -2.47. The minimum absolute atomic E-state index is 0.0771. The lowest BCUT2D eigenvalue weighted by molar-refractivity contribution is -0.139. The predicted octanol–water partition coefficient (Wildman–Crippen LogP) is 3.05. The predicted molar refractivity (Wildman–Crippen MR) is 90.7 cm³/mol. The second kappa shape index (κ2) is 7.27. The Morgan fingerprint density at radius 2 is 1.89 bits per heavy atom. The maximum atomic E-state index is 13.1. The molecule has 1 aromatic carbocycles. The minimum Gasteiger partial charge on any atom is -0.426 e.